The van der Waals surface area contributed by atoms with Gasteiger partial charge in [0.1, 0.15) is 0 Å². The number of hydrogen-bond acceptors (Lipinski definition) is 3. The van der Waals surface area contributed by atoms with E-state index in [1.165, 1.54) is 0 Å². The fraction of sp³-hybridized carbons (Fsp3) is 0.133. The molecule has 0 aromatic heterocycles. The zero-order valence-corrected chi connectivity index (χ0v) is 12.2. The standard InChI is InChI=1S/C15H13ClN2OS/c16-10-2-1-3-11(7-10)20-14-6-9-4-5-15(19)18-13(9)8-12(14)17/h1-3,6-8H,4-5,17H2,(H,18,19). The molecule has 20 heavy (non-hydrogen) atoms. The Bertz CT molecular complexity index is 688. The van der Waals surface area contributed by atoms with Crippen LogP contribution >= 0.6 is 23.4 Å². The van der Waals surface area contributed by atoms with Crippen molar-refractivity contribution >= 4 is 40.6 Å². The van der Waals surface area contributed by atoms with Gasteiger partial charge in [0, 0.05) is 32.6 Å². The molecule has 102 valence electrons. The molecule has 3 nitrogen and oxygen atoms in total. The van der Waals surface area contributed by atoms with Gasteiger partial charge in [-0.3, -0.25) is 4.79 Å². The Kier molecular flexibility index (Phi) is 3.59. The maximum absolute atomic E-state index is 11.4. The summed E-state index contributed by atoms with van der Waals surface area (Å²) in [6.45, 7) is 0. The lowest BCUT2D eigenvalue weighted by atomic mass is 10.0. The van der Waals surface area contributed by atoms with Gasteiger partial charge in [-0.2, -0.15) is 0 Å². The molecule has 0 aliphatic carbocycles. The Balaban J connectivity index is 1.92. The van der Waals surface area contributed by atoms with Gasteiger partial charge in [0.05, 0.1) is 0 Å². The molecule has 0 fully saturated rings. The number of anilines is 2. The van der Waals surface area contributed by atoms with Crippen molar-refractivity contribution in [3.63, 3.8) is 0 Å². The molecular formula is C15H13ClN2OS. The number of nitrogen functional groups attached to an aromatic ring is 1. The number of hydrogen-bond donors (Lipinski definition) is 2. The second-order valence-corrected chi connectivity index (χ2v) is 6.21. The Morgan fingerprint density at radius 3 is 2.85 bits per heavy atom. The van der Waals surface area contributed by atoms with Gasteiger partial charge in [-0.15, -0.1) is 0 Å². The topological polar surface area (TPSA) is 55.1 Å². The van der Waals surface area contributed by atoms with Gasteiger partial charge < -0.3 is 11.1 Å². The fourth-order valence-corrected chi connectivity index (χ4v) is 3.39. The number of aryl methyl sites for hydroxylation is 1. The molecule has 0 saturated heterocycles. The third kappa shape index (κ3) is 2.76. The van der Waals surface area contributed by atoms with Crippen LogP contribution in [0, 0.1) is 0 Å². The molecular weight excluding hydrogens is 292 g/mol. The Morgan fingerprint density at radius 1 is 1.20 bits per heavy atom. The molecule has 2 aromatic rings. The van der Waals surface area contributed by atoms with Gasteiger partial charge in [0.2, 0.25) is 5.91 Å². The van der Waals surface area contributed by atoms with Gasteiger partial charge in [0.15, 0.2) is 0 Å². The van der Waals surface area contributed by atoms with Crippen LogP contribution in [0.3, 0.4) is 0 Å². The smallest absolute Gasteiger partial charge is 0.224 e. The molecule has 0 spiro atoms. The number of fused-ring (bicyclic) bond motifs is 1. The zero-order valence-electron chi connectivity index (χ0n) is 10.7. The quantitative estimate of drug-likeness (QED) is 0.826. The van der Waals surface area contributed by atoms with E-state index in [0.29, 0.717) is 17.1 Å². The number of nitrogens with two attached hydrogens (primary N) is 1. The van der Waals surface area contributed by atoms with E-state index in [9.17, 15) is 4.79 Å². The fourth-order valence-electron chi connectivity index (χ4n) is 2.17. The zero-order chi connectivity index (χ0) is 14.1. The van der Waals surface area contributed by atoms with Gasteiger partial charge in [-0.25, -0.2) is 0 Å². The predicted octanol–water partition coefficient (Wildman–Crippen LogP) is 3.96. The molecule has 5 heteroatoms. The highest BCUT2D eigenvalue weighted by Crippen LogP contribution is 2.37. The van der Waals surface area contributed by atoms with E-state index in [4.69, 9.17) is 17.3 Å². The minimum atomic E-state index is 0.0483. The number of nitrogens with one attached hydrogen (secondary N) is 1. The Labute approximate surface area is 126 Å². The lowest BCUT2D eigenvalue weighted by molar-refractivity contribution is -0.116. The van der Waals surface area contributed by atoms with E-state index in [-0.39, 0.29) is 5.91 Å². The second-order valence-electron chi connectivity index (χ2n) is 4.65. The largest absolute Gasteiger partial charge is 0.398 e. The van der Waals surface area contributed by atoms with Crippen molar-refractivity contribution in [2.45, 2.75) is 22.6 Å². The van der Waals surface area contributed by atoms with Crippen molar-refractivity contribution < 1.29 is 4.79 Å². The molecule has 0 saturated carbocycles. The van der Waals surface area contributed by atoms with E-state index < -0.39 is 0 Å². The van der Waals surface area contributed by atoms with Crippen molar-refractivity contribution in [2.24, 2.45) is 0 Å². The summed E-state index contributed by atoms with van der Waals surface area (Å²) >= 11 is 7.57. The number of rotatable bonds is 2. The van der Waals surface area contributed by atoms with Crippen LogP contribution in [0.4, 0.5) is 11.4 Å². The molecule has 0 unspecified atom stereocenters. The summed E-state index contributed by atoms with van der Waals surface area (Å²) in [4.78, 5) is 13.4. The molecule has 0 atom stereocenters. The summed E-state index contributed by atoms with van der Waals surface area (Å²) in [6.07, 6.45) is 1.28. The van der Waals surface area contributed by atoms with Gasteiger partial charge >= 0.3 is 0 Å². The molecule has 3 rings (SSSR count). The normalized spacial score (nSPS) is 13.8. The first kappa shape index (κ1) is 13.3. The lowest BCUT2D eigenvalue weighted by Gasteiger charge is -2.19. The summed E-state index contributed by atoms with van der Waals surface area (Å²) in [5, 5.41) is 3.56. The van der Waals surface area contributed by atoms with Crippen molar-refractivity contribution in [1.82, 2.24) is 0 Å². The van der Waals surface area contributed by atoms with E-state index in [1.807, 2.05) is 30.3 Å². The van der Waals surface area contributed by atoms with Gasteiger partial charge in [-0.05, 0) is 42.3 Å². The average Bonchev–Trinajstić information content (AvgIpc) is 2.40. The number of halogens is 1. The monoisotopic (exact) mass is 304 g/mol. The molecule has 0 bridgehead atoms. The summed E-state index contributed by atoms with van der Waals surface area (Å²) in [5.74, 6) is 0.0483. The molecule has 1 aliphatic heterocycles. The van der Waals surface area contributed by atoms with Gasteiger partial charge in [-0.1, -0.05) is 29.4 Å². The highest BCUT2D eigenvalue weighted by atomic mass is 35.5. The van der Waals surface area contributed by atoms with E-state index in [1.54, 1.807) is 11.8 Å². The molecule has 0 radical (unpaired) electrons. The molecule has 1 amide bonds. The van der Waals surface area contributed by atoms with Crippen LogP contribution < -0.4 is 11.1 Å². The molecule has 1 aliphatic rings. The van der Waals surface area contributed by atoms with E-state index in [2.05, 4.69) is 11.4 Å². The second kappa shape index (κ2) is 5.38. The van der Waals surface area contributed by atoms with Crippen LogP contribution in [-0.2, 0) is 11.2 Å². The van der Waals surface area contributed by atoms with Crippen LogP contribution in [0.2, 0.25) is 5.02 Å². The summed E-state index contributed by atoms with van der Waals surface area (Å²) < 4.78 is 0. The van der Waals surface area contributed by atoms with Crippen LogP contribution in [0.25, 0.3) is 0 Å². The Morgan fingerprint density at radius 2 is 2.05 bits per heavy atom. The third-order valence-electron chi connectivity index (χ3n) is 3.16. The number of benzene rings is 2. The minimum Gasteiger partial charge on any atom is -0.398 e. The van der Waals surface area contributed by atoms with Crippen LogP contribution in [0.15, 0.2) is 46.2 Å². The minimum absolute atomic E-state index is 0.0483. The molecule has 3 N–H and O–H groups in total. The van der Waals surface area contributed by atoms with Crippen LogP contribution in [-0.4, -0.2) is 5.91 Å². The van der Waals surface area contributed by atoms with Crippen molar-refractivity contribution in [2.75, 3.05) is 11.1 Å². The average molecular weight is 305 g/mol. The molecule has 1 heterocycles. The van der Waals surface area contributed by atoms with Gasteiger partial charge in [0.25, 0.3) is 0 Å². The summed E-state index contributed by atoms with van der Waals surface area (Å²) in [7, 11) is 0. The predicted molar refractivity (Wildman–Crippen MR) is 83.4 cm³/mol. The van der Waals surface area contributed by atoms with Crippen molar-refractivity contribution in [1.29, 1.82) is 0 Å². The highest BCUT2D eigenvalue weighted by molar-refractivity contribution is 7.99. The maximum Gasteiger partial charge on any atom is 0.224 e. The first-order valence-electron chi connectivity index (χ1n) is 6.27. The van der Waals surface area contributed by atoms with Crippen LogP contribution in [0.1, 0.15) is 12.0 Å². The first-order valence-corrected chi connectivity index (χ1v) is 7.47. The van der Waals surface area contributed by atoms with E-state index >= 15 is 0 Å². The third-order valence-corrected chi connectivity index (χ3v) is 4.45. The molecule has 2 aromatic carbocycles. The number of carbonyl (C=O) groups excluding carboxylic acids is 1. The first-order chi connectivity index (χ1) is 9.61. The number of amides is 1. The number of carbonyl (C=O) groups is 1. The highest BCUT2D eigenvalue weighted by Gasteiger charge is 2.17. The van der Waals surface area contributed by atoms with E-state index in [0.717, 1.165) is 27.5 Å². The van der Waals surface area contributed by atoms with Crippen molar-refractivity contribution in [3.8, 4) is 0 Å². The lowest BCUT2D eigenvalue weighted by Crippen LogP contribution is -2.19. The summed E-state index contributed by atoms with van der Waals surface area (Å²) in [5.41, 5.74) is 8.69. The van der Waals surface area contributed by atoms with Crippen molar-refractivity contribution in [3.05, 3.63) is 47.0 Å². The summed E-state index contributed by atoms with van der Waals surface area (Å²) in [6, 6.07) is 11.6. The maximum atomic E-state index is 11.4. The SMILES string of the molecule is Nc1cc2c(cc1Sc1cccc(Cl)c1)CCC(=O)N2. The van der Waals surface area contributed by atoms with Crippen LogP contribution in [0.5, 0.6) is 0 Å². The Hall–Kier alpha value is -1.65.